The Balaban J connectivity index is 2.55. The highest BCUT2D eigenvalue weighted by molar-refractivity contribution is 5.83. The molecule has 0 saturated carbocycles. The summed E-state index contributed by atoms with van der Waals surface area (Å²) in [5.74, 6) is 0.624. The lowest BCUT2D eigenvalue weighted by Crippen LogP contribution is -2.32. The summed E-state index contributed by atoms with van der Waals surface area (Å²) in [4.78, 5) is 16.6. The highest BCUT2D eigenvalue weighted by Crippen LogP contribution is 2.19. The summed E-state index contributed by atoms with van der Waals surface area (Å²) >= 11 is 0. The summed E-state index contributed by atoms with van der Waals surface area (Å²) in [7, 11) is 3.44. The van der Waals surface area contributed by atoms with Crippen molar-refractivity contribution >= 4 is 10.9 Å². The van der Waals surface area contributed by atoms with E-state index in [9.17, 15) is 4.79 Å². The molecule has 1 unspecified atom stereocenters. The second-order valence-corrected chi connectivity index (χ2v) is 4.25. The van der Waals surface area contributed by atoms with Crippen molar-refractivity contribution in [2.24, 2.45) is 0 Å². The molecule has 0 aliphatic carbocycles. The molecular weight excluding hydrogens is 230 g/mol. The van der Waals surface area contributed by atoms with Crippen molar-refractivity contribution in [3.8, 4) is 5.75 Å². The molecule has 1 N–H and O–H groups in total. The van der Waals surface area contributed by atoms with Gasteiger partial charge in [-0.05, 0) is 26.1 Å². The fraction of sp³-hybridized carbons (Fsp3) is 0.385. The molecule has 0 amide bonds. The van der Waals surface area contributed by atoms with Gasteiger partial charge in [0.05, 0.1) is 18.8 Å². The lowest BCUT2D eigenvalue weighted by Gasteiger charge is -2.13. The maximum Gasteiger partial charge on any atom is 0.261 e. The van der Waals surface area contributed by atoms with Crippen molar-refractivity contribution in [1.82, 2.24) is 14.9 Å². The number of nitrogens with one attached hydrogen (secondary N) is 1. The second-order valence-electron chi connectivity index (χ2n) is 4.25. The molecule has 0 spiro atoms. The van der Waals surface area contributed by atoms with E-state index in [0.717, 1.165) is 0 Å². The van der Waals surface area contributed by atoms with E-state index in [-0.39, 0.29) is 11.6 Å². The highest BCUT2D eigenvalue weighted by atomic mass is 16.5. The maximum atomic E-state index is 12.3. The number of para-hydroxylation sites is 1. The number of hydrogen-bond donors (Lipinski definition) is 1. The number of hydrogen-bond acceptors (Lipinski definition) is 4. The summed E-state index contributed by atoms with van der Waals surface area (Å²) in [6.07, 6.45) is 1.57. The summed E-state index contributed by atoms with van der Waals surface area (Å²) in [5, 5.41) is 3.68. The zero-order valence-electron chi connectivity index (χ0n) is 10.8. The molecule has 2 rings (SSSR count). The van der Waals surface area contributed by atoms with Crippen LogP contribution in [-0.4, -0.2) is 29.8 Å². The standard InChI is InChI=1S/C13H17N3O2/c1-9(14-2)7-16-8-15-12-10(13(16)17)5-4-6-11(12)18-3/h4-6,8-9,14H,7H2,1-3H3. The number of rotatable bonds is 4. The number of likely N-dealkylation sites (N-methyl/N-ethyl adjacent to an activating group) is 1. The minimum atomic E-state index is -0.0407. The number of ether oxygens (including phenoxy) is 1. The van der Waals surface area contributed by atoms with Crippen molar-refractivity contribution in [2.75, 3.05) is 14.2 Å². The topological polar surface area (TPSA) is 56.1 Å². The van der Waals surface area contributed by atoms with E-state index in [2.05, 4.69) is 10.3 Å². The first-order valence-corrected chi connectivity index (χ1v) is 5.86. The zero-order chi connectivity index (χ0) is 13.1. The molecule has 1 heterocycles. The predicted octanol–water partition coefficient (Wildman–Crippen LogP) is 1.01. The second kappa shape index (κ2) is 5.18. The molecular formula is C13H17N3O2. The molecule has 96 valence electrons. The molecule has 0 aliphatic heterocycles. The zero-order valence-corrected chi connectivity index (χ0v) is 10.8. The molecule has 1 aromatic heterocycles. The van der Waals surface area contributed by atoms with Gasteiger partial charge in [-0.25, -0.2) is 4.98 Å². The van der Waals surface area contributed by atoms with Crippen LogP contribution in [0.4, 0.5) is 0 Å². The normalized spacial score (nSPS) is 12.6. The van der Waals surface area contributed by atoms with Gasteiger partial charge in [0.2, 0.25) is 0 Å². The van der Waals surface area contributed by atoms with Gasteiger partial charge in [-0.3, -0.25) is 9.36 Å². The molecule has 2 aromatic rings. The summed E-state index contributed by atoms with van der Waals surface area (Å²) in [5.41, 5.74) is 0.569. The maximum absolute atomic E-state index is 12.3. The Bertz CT molecular complexity index is 607. The van der Waals surface area contributed by atoms with Crippen LogP contribution >= 0.6 is 0 Å². The van der Waals surface area contributed by atoms with E-state index in [1.165, 1.54) is 0 Å². The van der Waals surface area contributed by atoms with Crippen LogP contribution in [0, 0.1) is 0 Å². The van der Waals surface area contributed by atoms with Gasteiger partial charge in [0, 0.05) is 12.6 Å². The minimum absolute atomic E-state index is 0.0407. The van der Waals surface area contributed by atoms with Gasteiger partial charge < -0.3 is 10.1 Å². The van der Waals surface area contributed by atoms with Crippen molar-refractivity contribution in [3.05, 3.63) is 34.9 Å². The SMILES string of the molecule is CNC(C)Cn1cnc2c(OC)cccc2c1=O. The number of fused-ring (bicyclic) bond motifs is 1. The smallest absolute Gasteiger partial charge is 0.261 e. The molecule has 5 heteroatoms. The number of nitrogens with zero attached hydrogens (tertiary/aromatic N) is 2. The molecule has 1 aromatic carbocycles. The molecule has 1 atom stereocenters. The molecule has 0 aliphatic rings. The Kier molecular flexibility index (Phi) is 3.62. The first-order chi connectivity index (χ1) is 8.67. The largest absolute Gasteiger partial charge is 0.494 e. The molecule has 18 heavy (non-hydrogen) atoms. The fourth-order valence-electron chi connectivity index (χ4n) is 1.84. The van der Waals surface area contributed by atoms with Gasteiger partial charge >= 0.3 is 0 Å². The van der Waals surface area contributed by atoms with Gasteiger partial charge in [-0.15, -0.1) is 0 Å². The van der Waals surface area contributed by atoms with Gasteiger partial charge in [-0.2, -0.15) is 0 Å². The van der Waals surface area contributed by atoms with Crippen LogP contribution in [0.15, 0.2) is 29.3 Å². The van der Waals surface area contributed by atoms with E-state index < -0.39 is 0 Å². The fourth-order valence-corrected chi connectivity index (χ4v) is 1.84. The lowest BCUT2D eigenvalue weighted by atomic mass is 10.2. The molecule has 0 bridgehead atoms. The average molecular weight is 247 g/mol. The number of methoxy groups -OCH3 is 1. The van der Waals surface area contributed by atoms with Crippen LogP contribution in [0.25, 0.3) is 10.9 Å². The summed E-state index contributed by atoms with van der Waals surface area (Å²) in [6, 6.07) is 5.59. The van der Waals surface area contributed by atoms with E-state index in [1.54, 1.807) is 36.2 Å². The first kappa shape index (κ1) is 12.6. The molecule has 0 radical (unpaired) electrons. The first-order valence-electron chi connectivity index (χ1n) is 5.86. The Morgan fingerprint density at radius 2 is 2.28 bits per heavy atom. The Morgan fingerprint density at radius 1 is 1.50 bits per heavy atom. The highest BCUT2D eigenvalue weighted by Gasteiger charge is 2.09. The number of aromatic nitrogens is 2. The third kappa shape index (κ3) is 2.22. The van der Waals surface area contributed by atoms with Crippen molar-refractivity contribution < 1.29 is 4.74 Å². The van der Waals surface area contributed by atoms with Crippen molar-refractivity contribution in [1.29, 1.82) is 0 Å². The van der Waals surface area contributed by atoms with Crippen molar-refractivity contribution in [3.63, 3.8) is 0 Å². The van der Waals surface area contributed by atoms with Gasteiger partial charge in [0.15, 0.2) is 0 Å². The van der Waals surface area contributed by atoms with Gasteiger partial charge in [-0.1, -0.05) is 6.07 Å². The monoisotopic (exact) mass is 247 g/mol. The van der Waals surface area contributed by atoms with Crippen LogP contribution in [0.2, 0.25) is 0 Å². The third-order valence-corrected chi connectivity index (χ3v) is 3.00. The van der Waals surface area contributed by atoms with E-state index in [0.29, 0.717) is 23.2 Å². The quantitative estimate of drug-likeness (QED) is 0.876. The molecule has 0 saturated heterocycles. The Labute approximate surface area is 105 Å². The number of benzene rings is 1. The summed E-state index contributed by atoms with van der Waals surface area (Å²) < 4.78 is 6.82. The van der Waals surface area contributed by atoms with Gasteiger partial charge in [0.1, 0.15) is 11.3 Å². The van der Waals surface area contributed by atoms with Crippen LogP contribution in [0.5, 0.6) is 5.75 Å². The van der Waals surface area contributed by atoms with Crippen LogP contribution in [0.1, 0.15) is 6.92 Å². The van der Waals surface area contributed by atoms with Gasteiger partial charge in [0.25, 0.3) is 5.56 Å². The molecule has 0 fully saturated rings. The minimum Gasteiger partial charge on any atom is -0.494 e. The van der Waals surface area contributed by atoms with E-state index >= 15 is 0 Å². The van der Waals surface area contributed by atoms with Crippen LogP contribution < -0.4 is 15.6 Å². The molecule has 5 nitrogen and oxygen atoms in total. The van der Waals surface area contributed by atoms with Crippen LogP contribution in [0.3, 0.4) is 0 Å². The Hall–Kier alpha value is -1.88. The van der Waals surface area contributed by atoms with E-state index in [4.69, 9.17) is 4.74 Å². The van der Waals surface area contributed by atoms with E-state index in [1.807, 2.05) is 14.0 Å². The average Bonchev–Trinajstić information content (AvgIpc) is 2.41. The lowest BCUT2D eigenvalue weighted by molar-refractivity contribution is 0.418. The summed E-state index contributed by atoms with van der Waals surface area (Å²) in [6.45, 7) is 2.61. The van der Waals surface area contributed by atoms with Crippen molar-refractivity contribution in [2.45, 2.75) is 19.5 Å². The third-order valence-electron chi connectivity index (χ3n) is 3.00. The van der Waals surface area contributed by atoms with Crippen LogP contribution in [-0.2, 0) is 6.54 Å². The predicted molar refractivity (Wildman–Crippen MR) is 71.1 cm³/mol. The Morgan fingerprint density at radius 3 is 2.94 bits per heavy atom.